The van der Waals surface area contributed by atoms with Crippen molar-refractivity contribution in [2.24, 2.45) is 0 Å². The van der Waals surface area contributed by atoms with Crippen LogP contribution in [0.4, 0.5) is 24.8 Å². The predicted octanol–water partition coefficient (Wildman–Crippen LogP) is 3.19. The third-order valence-corrected chi connectivity index (χ3v) is 3.32. The summed E-state index contributed by atoms with van der Waals surface area (Å²) in [6, 6.07) is 7.79. The fraction of sp³-hybridized carbons (Fsp3) is 0.200. The average Bonchev–Trinajstić information content (AvgIpc) is 2.97. The zero-order valence-corrected chi connectivity index (χ0v) is 13.1. The van der Waals surface area contributed by atoms with Crippen LogP contribution in [0.1, 0.15) is 5.56 Å². The van der Waals surface area contributed by atoms with E-state index >= 15 is 0 Å². The zero-order valence-electron chi connectivity index (χ0n) is 13.1. The molecule has 11 heteroatoms. The maximum absolute atomic E-state index is 12.1. The van der Waals surface area contributed by atoms with Gasteiger partial charge in [-0.2, -0.15) is 22.6 Å². The smallest absolute Gasteiger partial charge is 0.422 e. The van der Waals surface area contributed by atoms with E-state index < -0.39 is 17.7 Å². The summed E-state index contributed by atoms with van der Waals surface area (Å²) in [5.41, 5.74) is 1.01. The van der Waals surface area contributed by atoms with Gasteiger partial charge in [0.05, 0.1) is 6.20 Å². The van der Waals surface area contributed by atoms with Crippen LogP contribution < -0.4 is 10.1 Å². The van der Waals surface area contributed by atoms with Crippen LogP contribution in [-0.2, 0) is 6.54 Å². The second-order valence-corrected chi connectivity index (χ2v) is 5.23. The molecule has 0 aliphatic carbocycles. The minimum absolute atomic E-state index is 0.0820. The van der Waals surface area contributed by atoms with Gasteiger partial charge in [-0.15, -0.1) is 0 Å². The molecule has 0 bridgehead atoms. The van der Waals surface area contributed by atoms with Crippen molar-refractivity contribution >= 4 is 17.3 Å². The van der Waals surface area contributed by atoms with E-state index in [1.165, 1.54) is 28.9 Å². The van der Waals surface area contributed by atoms with Crippen molar-refractivity contribution in [2.45, 2.75) is 12.7 Å². The maximum atomic E-state index is 12.1. The highest BCUT2D eigenvalue weighted by atomic mass is 19.4. The largest absolute Gasteiger partial charge is 0.468 e. The lowest BCUT2D eigenvalue weighted by Crippen LogP contribution is -2.19. The SMILES string of the molecule is O=[N+]([O-])c1c(NCc2ccc(OCC(F)(F)F)nc2)nc2ccccn12. The molecule has 1 N–H and O–H groups in total. The number of hydrogen-bond acceptors (Lipinski definition) is 6. The van der Waals surface area contributed by atoms with E-state index in [0.29, 0.717) is 11.2 Å². The normalized spacial score (nSPS) is 11.5. The Morgan fingerprint density at radius 3 is 2.73 bits per heavy atom. The van der Waals surface area contributed by atoms with Crippen LogP contribution in [-0.4, -0.2) is 32.1 Å². The van der Waals surface area contributed by atoms with Crippen LogP contribution in [0, 0.1) is 10.1 Å². The summed E-state index contributed by atoms with van der Waals surface area (Å²) in [5.74, 6) is -0.290. The van der Waals surface area contributed by atoms with E-state index in [2.05, 4.69) is 20.0 Å². The molecule has 3 heterocycles. The summed E-state index contributed by atoms with van der Waals surface area (Å²) in [6.07, 6.45) is -1.59. The van der Waals surface area contributed by atoms with Crippen LogP contribution in [0.2, 0.25) is 0 Å². The number of imidazole rings is 1. The third-order valence-electron chi connectivity index (χ3n) is 3.32. The van der Waals surface area contributed by atoms with E-state index in [1.807, 2.05) is 0 Å². The Balaban J connectivity index is 1.70. The Labute approximate surface area is 144 Å². The second kappa shape index (κ2) is 6.86. The zero-order chi connectivity index (χ0) is 18.7. The molecule has 0 radical (unpaired) electrons. The first kappa shape index (κ1) is 17.5. The highest BCUT2D eigenvalue weighted by Crippen LogP contribution is 2.25. The Hall–Kier alpha value is -3.37. The van der Waals surface area contributed by atoms with Crippen molar-refractivity contribution in [2.75, 3.05) is 11.9 Å². The summed E-state index contributed by atoms with van der Waals surface area (Å²) in [5, 5.41) is 14.1. The van der Waals surface area contributed by atoms with Crippen molar-refractivity contribution in [3.05, 3.63) is 58.4 Å². The van der Waals surface area contributed by atoms with Crippen molar-refractivity contribution in [3.8, 4) is 5.88 Å². The van der Waals surface area contributed by atoms with Gasteiger partial charge in [-0.25, -0.2) is 4.98 Å². The van der Waals surface area contributed by atoms with Gasteiger partial charge in [0.1, 0.15) is 0 Å². The van der Waals surface area contributed by atoms with Crippen LogP contribution in [0.15, 0.2) is 42.7 Å². The van der Waals surface area contributed by atoms with Crippen molar-refractivity contribution in [1.82, 2.24) is 14.4 Å². The summed E-state index contributed by atoms with van der Waals surface area (Å²) < 4.78 is 42.1. The predicted molar refractivity (Wildman–Crippen MR) is 85.0 cm³/mol. The molecule has 3 rings (SSSR count). The highest BCUT2D eigenvalue weighted by Gasteiger charge is 2.28. The number of halogens is 3. The van der Waals surface area contributed by atoms with Crippen molar-refractivity contribution < 1.29 is 22.8 Å². The molecule has 3 aromatic rings. The summed E-state index contributed by atoms with van der Waals surface area (Å²) >= 11 is 0. The van der Waals surface area contributed by atoms with Gasteiger partial charge in [-0.05, 0) is 16.6 Å². The standard InChI is InChI=1S/C15H12F3N5O3/c16-15(17,18)9-26-12-5-4-10(7-19-12)8-20-13-14(23(24)25)22-6-2-1-3-11(22)21-13/h1-7,20H,8-9H2. The number of nitrogens with zero attached hydrogens (tertiary/aromatic N) is 4. The number of nitrogens with one attached hydrogen (secondary N) is 1. The van der Waals surface area contributed by atoms with Crippen LogP contribution in [0.25, 0.3) is 5.65 Å². The number of ether oxygens (including phenoxy) is 1. The third kappa shape index (κ3) is 3.99. The molecule has 3 aromatic heterocycles. The quantitative estimate of drug-likeness (QED) is 0.531. The number of hydrogen-bond donors (Lipinski definition) is 1. The summed E-state index contributed by atoms with van der Waals surface area (Å²) in [7, 11) is 0. The number of rotatable bonds is 6. The number of fused-ring (bicyclic) bond motifs is 1. The molecule has 136 valence electrons. The number of anilines is 1. The average molecular weight is 367 g/mol. The maximum Gasteiger partial charge on any atom is 0.422 e. The first-order chi connectivity index (χ1) is 12.3. The Morgan fingerprint density at radius 1 is 1.27 bits per heavy atom. The molecular weight excluding hydrogens is 355 g/mol. The Morgan fingerprint density at radius 2 is 2.08 bits per heavy atom. The minimum atomic E-state index is -4.44. The molecule has 0 aromatic carbocycles. The lowest BCUT2D eigenvalue weighted by atomic mass is 10.3. The van der Waals surface area contributed by atoms with E-state index in [0.717, 1.165) is 0 Å². The Bertz CT molecular complexity index is 924. The van der Waals surface area contributed by atoms with Crippen LogP contribution >= 0.6 is 0 Å². The van der Waals surface area contributed by atoms with Crippen LogP contribution in [0.5, 0.6) is 5.88 Å². The topological polar surface area (TPSA) is 94.6 Å². The molecule has 0 fully saturated rings. The van der Waals surface area contributed by atoms with Crippen molar-refractivity contribution in [3.63, 3.8) is 0 Å². The molecule has 0 saturated carbocycles. The fourth-order valence-electron chi connectivity index (χ4n) is 2.22. The first-order valence-electron chi connectivity index (χ1n) is 7.33. The molecule has 0 amide bonds. The number of alkyl halides is 3. The van der Waals surface area contributed by atoms with Gasteiger partial charge in [0.25, 0.3) is 0 Å². The molecule has 0 unspecified atom stereocenters. The van der Waals surface area contributed by atoms with Gasteiger partial charge in [0.2, 0.25) is 17.3 Å². The monoisotopic (exact) mass is 367 g/mol. The second-order valence-electron chi connectivity index (χ2n) is 5.23. The fourth-order valence-corrected chi connectivity index (χ4v) is 2.22. The van der Waals surface area contributed by atoms with Gasteiger partial charge in [-0.3, -0.25) is 0 Å². The van der Waals surface area contributed by atoms with Gasteiger partial charge >= 0.3 is 12.0 Å². The van der Waals surface area contributed by atoms with Crippen molar-refractivity contribution in [1.29, 1.82) is 0 Å². The molecule has 0 aliphatic heterocycles. The minimum Gasteiger partial charge on any atom is -0.468 e. The molecule has 8 nitrogen and oxygen atoms in total. The highest BCUT2D eigenvalue weighted by molar-refractivity contribution is 5.62. The van der Waals surface area contributed by atoms with Crippen LogP contribution in [0.3, 0.4) is 0 Å². The molecule has 0 atom stereocenters. The number of nitro groups is 1. The molecule has 0 aliphatic rings. The number of aromatic nitrogens is 3. The molecule has 26 heavy (non-hydrogen) atoms. The van der Waals surface area contributed by atoms with Gasteiger partial charge in [-0.1, -0.05) is 12.1 Å². The number of pyridine rings is 2. The summed E-state index contributed by atoms with van der Waals surface area (Å²) in [4.78, 5) is 18.7. The van der Waals surface area contributed by atoms with E-state index in [4.69, 9.17) is 0 Å². The molecular formula is C15H12F3N5O3. The summed E-state index contributed by atoms with van der Waals surface area (Å²) in [6.45, 7) is -1.28. The molecule has 0 saturated heterocycles. The molecule has 0 spiro atoms. The van der Waals surface area contributed by atoms with E-state index in [1.54, 1.807) is 18.2 Å². The van der Waals surface area contributed by atoms with E-state index in [-0.39, 0.29) is 24.1 Å². The van der Waals surface area contributed by atoms with Gasteiger partial charge < -0.3 is 20.2 Å². The Kier molecular flexibility index (Phi) is 4.61. The lowest BCUT2D eigenvalue weighted by molar-refractivity contribution is -0.389. The van der Waals surface area contributed by atoms with Gasteiger partial charge in [0.15, 0.2) is 6.61 Å². The van der Waals surface area contributed by atoms with Gasteiger partial charge in [0, 0.05) is 24.9 Å². The lowest BCUT2D eigenvalue weighted by Gasteiger charge is -2.09. The first-order valence-corrected chi connectivity index (χ1v) is 7.33. The van der Waals surface area contributed by atoms with E-state index in [9.17, 15) is 23.3 Å².